The summed E-state index contributed by atoms with van der Waals surface area (Å²) in [7, 11) is 0. The minimum absolute atomic E-state index is 0.199. The highest BCUT2D eigenvalue weighted by atomic mass is 35.5. The van der Waals surface area contributed by atoms with Crippen molar-refractivity contribution < 1.29 is 9.53 Å². The topological polar surface area (TPSA) is 38.3 Å². The van der Waals surface area contributed by atoms with Gasteiger partial charge in [-0.15, -0.1) is 0 Å². The van der Waals surface area contributed by atoms with Crippen LogP contribution >= 0.6 is 23.2 Å². The molecule has 1 aromatic rings. The van der Waals surface area contributed by atoms with E-state index in [0.717, 1.165) is 5.56 Å². The molecule has 0 atom stereocenters. The van der Waals surface area contributed by atoms with E-state index in [0.29, 0.717) is 13.0 Å². The van der Waals surface area contributed by atoms with Gasteiger partial charge in [0.25, 0.3) is 0 Å². The molecule has 5 heteroatoms. The van der Waals surface area contributed by atoms with Crippen molar-refractivity contribution in [1.82, 2.24) is 5.32 Å². The molecule has 0 spiro atoms. The second-order valence-electron chi connectivity index (χ2n) is 3.27. The molecule has 1 aromatic carbocycles. The molecular weight excluding hydrogens is 261 g/mol. The van der Waals surface area contributed by atoms with Crippen molar-refractivity contribution in [3.8, 4) is 0 Å². The van der Waals surface area contributed by atoms with Crippen LogP contribution in [0.3, 0.4) is 0 Å². The molecule has 0 aliphatic heterocycles. The average Bonchev–Trinajstić information content (AvgIpc) is 2.33. The van der Waals surface area contributed by atoms with Crippen LogP contribution in [0.1, 0.15) is 12.0 Å². The highest BCUT2D eigenvalue weighted by molar-refractivity contribution is 6.55. The number of rotatable bonds is 5. The van der Waals surface area contributed by atoms with Crippen molar-refractivity contribution in [2.75, 3.05) is 6.54 Å². The molecule has 0 unspecified atom stereocenters. The van der Waals surface area contributed by atoms with Crippen LogP contribution in [-0.2, 0) is 11.3 Å². The van der Waals surface area contributed by atoms with Crippen LogP contribution in [0.15, 0.2) is 40.9 Å². The Labute approximate surface area is 110 Å². The fraction of sp³-hybridized carbons (Fsp3) is 0.250. The van der Waals surface area contributed by atoms with Gasteiger partial charge in [-0.3, -0.25) is 0 Å². The Morgan fingerprint density at radius 2 is 2.00 bits per heavy atom. The van der Waals surface area contributed by atoms with Crippen LogP contribution in [0, 0.1) is 0 Å². The van der Waals surface area contributed by atoms with E-state index in [1.54, 1.807) is 6.08 Å². The molecule has 0 fully saturated rings. The van der Waals surface area contributed by atoms with E-state index in [-0.39, 0.29) is 11.1 Å². The molecule has 92 valence electrons. The van der Waals surface area contributed by atoms with Crippen molar-refractivity contribution in [2.24, 2.45) is 0 Å². The molecule has 0 radical (unpaired) electrons. The summed E-state index contributed by atoms with van der Waals surface area (Å²) >= 11 is 10.8. The van der Waals surface area contributed by atoms with Gasteiger partial charge >= 0.3 is 6.09 Å². The monoisotopic (exact) mass is 273 g/mol. The van der Waals surface area contributed by atoms with Crippen molar-refractivity contribution in [2.45, 2.75) is 13.0 Å². The normalized spacial score (nSPS) is 9.53. The third kappa shape index (κ3) is 6.87. The number of ether oxygens (including phenoxy) is 1. The Kier molecular flexibility index (Phi) is 6.51. The molecule has 0 aliphatic rings. The van der Waals surface area contributed by atoms with E-state index >= 15 is 0 Å². The van der Waals surface area contributed by atoms with Gasteiger partial charge in [0.05, 0.1) is 0 Å². The largest absolute Gasteiger partial charge is 0.445 e. The maximum Gasteiger partial charge on any atom is 0.407 e. The maximum absolute atomic E-state index is 11.2. The van der Waals surface area contributed by atoms with E-state index in [1.165, 1.54) is 0 Å². The Hall–Kier alpha value is -1.19. The molecule has 0 saturated heterocycles. The lowest BCUT2D eigenvalue weighted by Crippen LogP contribution is -2.24. The van der Waals surface area contributed by atoms with Crippen molar-refractivity contribution in [3.05, 3.63) is 46.5 Å². The lowest BCUT2D eigenvalue weighted by molar-refractivity contribution is 0.140. The molecule has 17 heavy (non-hydrogen) atoms. The van der Waals surface area contributed by atoms with Gasteiger partial charge < -0.3 is 10.1 Å². The summed E-state index contributed by atoms with van der Waals surface area (Å²) in [6, 6.07) is 9.48. The molecule has 0 aliphatic carbocycles. The molecule has 0 heterocycles. The molecule has 1 amide bonds. The minimum atomic E-state index is -0.451. The molecule has 1 rings (SSSR count). The number of nitrogens with one attached hydrogen (secondary N) is 1. The van der Waals surface area contributed by atoms with Crippen molar-refractivity contribution >= 4 is 29.3 Å². The Balaban J connectivity index is 2.16. The van der Waals surface area contributed by atoms with Crippen molar-refractivity contribution in [3.63, 3.8) is 0 Å². The van der Waals surface area contributed by atoms with Gasteiger partial charge in [-0.25, -0.2) is 4.79 Å². The number of halogens is 2. The lowest BCUT2D eigenvalue weighted by Gasteiger charge is -2.05. The number of carbonyl (C=O) groups excluding carboxylic acids is 1. The van der Waals surface area contributed by atoms with Crippen LogP contribution in [0.25, 0.3) is 0 Å². The zero-order valence-electron chi connectivity index (χ0n) is 9.16. The molecule has 0 bridgehead atoms. The molecular formula is C12H13Cl2NO2. The first-order chi connectivity index (χ1) is 8.18. The molecule has 3 nitrogen and oxygen atoms in total. The smallest absolute Gasteiger partial charge is 0.407 e. The van der Waals surface area contributed by atoms with Gasteiger partial charge in [-0.05, 0) is 12.0 Å². The minimum Gasteiger partial charge on any atom is -0.445 e. The Morgan fingerprint density at radius 3 is 2.65 bits per heavy atom. The molecule has 0 aromatic heterocycles. The predicted octanol–water partition coefficient (Wildman–Crippen LogP) is 3.62. The predicted molar refractivity (Wildman–Crippen MR) is 69.0 cm³/mol. The van der Waals surface area contributed by atoms with Gasteiger partial charge in [0.2, 0.25) is 0 Å². The van der Waals surface area contributed by atoms with Gasteiger partial charge in [-0.1, -0.05) is 59.6 Å². The van der Waals surface area contributed by atoms with Crippen molar-refractivity contribution in [1.29, 1.82) is 0 Å². The van der Waals surface area contributed by atoms with E-state index in [9.17, 15) is 4.79 Å². The summed E-state index contributed by atoms with van der Waals surface area (Å²) in [6.07, 6.45) is 1.73. The molecule has 0 saturated carbocycles. The summed E-state index contributed by atoms with van der Waals surface area (Å²) in [5, 5.41) is 2.59. The summed E-state index contributed by atoms with van der Waals surface area (Å²) in [6.45, 7) is 0.704. The highest BCUT2D eigenvalue weighted by Gasteiger charge is 2.00. The van der Waals surface area contributed by atoms with Gasteiger partial charge in [0.1, 0.15) is 11.1 Å². The first-order valence-corrected chi connectivity index (χ1v) is 5.90. The second kappa shape index (κ2) is 7.98. The summed E-state index contributed by atoms with van der Waals surface area (Å²) in [5.74, 6) is 0. The summed E-state index contributed by atoms with van der Waals surface area (Å²) in [4.78, 5) is 11.2. The van der Waals surface area contributed by atoms with Crippen LogP contribution in [0.5, 0.6) is 0 Å². The number of alkyl carbamates (subject to hydrolysis) is 1. The third-order valence-electron chi connectivity index (χ3n) is 1.93. The van der Waals surface area contributed by atoms with Gasteiger partial charge in [0.15, 0.2) is 0 Å². The SMILES string of the molecule is O=C(NCCC=C(Cl)Cl)OCc1ccccc1. The van der Waals surface area contributed by atoms with Crippen LogP contribution in [-0.4, -0.2) is 12.6 Å². The van der Waals surface area contributed by atoms with Crippen LogP contribution in [0.4, 0.5) is 4.79 Å². The van der Waals surface area contributed by atoms with E-state index in [4.69, 9.17) is 27.9 Å². The standard InChI is InChI=1S/C12H13Cl2NO2/c13-11(14)7-4-8-15-12(16)17-9-10-5-2-1-3-6-10/h1-3,5-7H,4,8-9H2,(H,15,16). The van der Waals surface area contributed by atoms with E-state index in [2.05, 4.69) is 5.32 Å². The first-order valence-electron chi connectivity index (χ1n) is 5.14. The van der Waals surface area contributed by atoms with Gasteiger partial charge in [-0.2, -0.15) is 0 Å². The summed E-state index contributed by atoms with van der Waals surface area (Å²) in [5.41, 5.74) is 0.950. The summed E-state index contributed by atoms with van der Waals surface area (Å²) < 4.78 is 5.20. The fourth-order valence-electron chi connectivity index (χ4n) is 1.13. The van der Waals surface area contributed by atoms with Crippen LogP contribution in [0.2, 0.25) is 0 Å². The Bertz CT molecular complexity index is 375. The second-order valence-corrected chi connectivity index (χ2v) is 4.28. The first kappa shape index (κ1) is 13.9. The zero-order chi connectivity index (χ0) is 12.5. The van der Waals surface area contributed by atoms with Crippen LogP contribution < -0.4 is 5.32 Å². The van der Waals surface area contributed by atoms with E-state index in [1.807, 2.05) is 30.3 Å². The lowest BCUT2D eigenvalue weighted by atomic mass is 10.2. The number of hydrogen-bond acceptors (Lipinski definition) is 2. The zero-order valence-corrected chi connectivity index (χ0v) is 10.7. The van der Waals surface area contributed by atoms with E-state index < -0.39 is 6.09 Å². The average molecular weight is 274 g/mol. The third-order valence-corrected chi connectivity index (χ3v) is 2.23. The Morgan fingerprint density at radius 1 is 1.29 bits per heavy atom. The number of carbonyl (C=O) groups is 1. The highest BCUT2D eigenvalue weighted by Crippen LogP contribution is 2.06. The number of hydrogen-bond donors (Lipinski definition) is 1. The molecule has 1 N–H and O–H groups in total. The number of amides is 1. The number of benzene rings is 1. The fourth-order valence-corrected chi connectivity index (χ4v) is 1.35. The van der Waals surface area contributed by atoms with Gasteiger partial charge in [0, 0.05) is 6.54 Å². The maximum atomic E-state index is 11.2. The quantitative estimate of drug-likeness (QED) is 0.833.